The summed E-state index contributed by atoms with van der Waals surface area (Å²) in [6.07, 6.45) is 1.40. The molecule has 28 heavy (non-hydrogen) atoms. The van der Waals surface area contributed by atoms with Gasteiger partial charge in [-0.2, -0.15) is 0 Å². The van der Waals surface area contributed by atoms with Crippen molar-refractivity contribution >= 4 is 23.5 Å². The molecule has 1 aromatic carbocycles. The molecule has 2 aromatic rings. The first kappa shape index (κ1) is 20.2. The van der Waals surface area contributed by atoms with E-state index >= 15 is 0 Å². The third kappa shape index (κ3) is 4.15. The first-order chi connectivity index (χ1) is 13.3. The Morgan fingerprint density at radius 2 is 2.18 bits per heavy atom. The third-order valence-corrected chi connectivity index (χ3v) is 4.91. The number of carboxylic acid groups (broad SMARTS) is 1. The maximum absolute atomic E-state index is 11.2. The lowest BCUT2D eigenvalue weighted by Crippen LogP contribution is -2.29. The fraction of sp³-hybridized carbons (Fsp3) is 0.400. The molecule has 0 saturated carbocycles. The zero-order valence-electron chi connectivity index (χ0n) is 16.1. The summed E-state index contributed by atoms with van der Waals surface area (Å²) in [5.41, 5.74) is 8.55. The maximum Gasteiger partial charge on any atom is 0.412 e. The molecule has 0 bridgehead atoms. The van der Waals surface area contributed by atoms with Crippen LogP contribution in [0.2, 0.25) is 5.02 Å². The van der Waals surface area contributed by atoms with E-state index in [1.165, 1.54) is 7.05 Å². The molecule has 8 heteroatoms. The van der Waals surface area contributed by atoms with Crippen LogP contribution >= 0.6 is 11.6 Å². The second-order valence-corrected chi connectivity index (χ2v) is 7.66. The number of rotatable bonds is 6. The van der Waals surface area contributed by atoms with Crippen LogP contribution in [-0.4, -0.2) is 35.9 Å². The van der Waals surface area contributed by atoms with Crippen molar-refractivity contribution in [2.75, 3.05) is 18.6 Å². The van der Waals surface area contributed by atoms with Crippen molar-refractivity contribution in [2.24, 2.45) is 11.7 Å². The largest absolute Gasteiger partial charge is 0.490 e. The summed E-state index contributed by atoms with van der Waals surface area (Å²) in [6, 6.07) is 5.28. The number of nitrogens with zero attached hydrogens (tertiary/aromatic N) is 2. The van der Waals surface area contributed by atoms with Crippen LogP contribution in [-0.2, 0) is 6.61 Å². The van der Waals surface area contributed by atoms with Crippen molar-refractivity contribution in [3.63, 3.8) is 0 Å². The van der Waals surface area contributed by atoms with Gasteiger partial charge in [-0.3, -0.25) is 4.90 Å². The molecule has 1 atom stereocenters. The minimum atomic E-state index is -1.08. The second-order valence-electron chi connectivity index (χ2n) is 7.28. The van der Waals surface area contributed by atoms with Gasteiger partial charge in [0.15, 0.2) is 0 Å². The number of carbonyl (C=O) groups is 1. The Hall–Kier alpha value is -2.51. The third-order valence-electron chi connectivity index (χ3n) is 4.55. The number of benzene rings is 1. The first-order valence-electron chi connectivity index (χ1n) is 9.07. The molecule has 0 unspecified atom stereocenters. The highest BCUT2D eigenvalue weighted by molar-refractivity contribution is 6.34. The predicted octanol–water partition coefficient (Wildman–Crippen LogP) is 4.16. The van der Waals surface area contributed by atoms with Gasteiger partial charge in [-0.25, -0.2) is 9.78 Å². The van der Waals surface area contributed by atoms with Gasteiger partial charge in [-0.1, -0.05) is 25.4 Å². The summed E-state index contributed by atoms with van der Waals surface area (Å²) in [5, 5.41) is 9.57. The Balaban J connectivity index is 1.88. The maximum atomic E-state index is 11.2. The van der Waals surface area contributed by atoms with E-state index in [0.717, 1.165) is 28.0 Å². The van der Waals surface area contributed by atoms with Crippen molar-refractivity contribution in [2.45, 2.75) is 32.9 Å². The number of nitrogens with two attached hydrogens (primary N) is 1. The fourth-order valence-electron chi connectivity index (χ4n) is 3.14. The average molecular weight is 406 g/mol. The van der Waals surface area contributed by atoms with Gasteiger partial charge >= 0.3 is 6.09 Å². The molecule has 0 spiro atoms. The number of aromatic nitrogens is 1. The quantitative estimate of drug-likeness (QED) is 0.748. The SMILES string of the molecule is CC(C)C[C@H](N)COc1ccc2c(c1Cl)OCc1cnc(N(C)C(=O)O)cc1-2. The smallest absolute Gasteiger partial charge is 0.412 e. The minimum absolute atomic E-state index is 0.0751. The predicted molar refractivity (Wildman–Crippen MR) is 108 cm³/mol. The normalized spacial score (nSPS) is 13.4. The number of ether oxygens (including phenoxy) is 2. The van der Waals surface area contributed by atoms with Gasteiger partial charge in [-0.15, -0.1) is 0 Å². The molecular weight excluding hydrogens is 382 g/mol. The molecule has 1 aliphatic heterocycles. The second kappa shape index (κ2) is 8.24. The van der Waals surface area contributed by atoms with Crippen molar-refractivity contribution < 1.29 is 19.4 Å². The molecule has 7 nitrogen and oxygen atoms in total. The van der Waals surface area contributed by atoms with Crippen LogP contribution in [0.5, 0.6) is 11.5 Å². The van der Waals surface area contributed by atoms with Gasteiger partial charge < -0.3 is 20.3 Å². The molecule has 0 fully saturated rings. The topological polar surface area (TPSA) is 97.9 Å². The lowest BCUT2D eigenvalue weighted by atomic mass is 9.98. The average Bonchev–Trinajstić information content (AvgIpc) is 2.65. The van der Waals surface area contributed by atoms with Crippen LogP contribution in [0.15, 0.2) is 24.4 Å². The summed E-state index contributed by atoms with van der Waals surface area (Å²) in [6.45, 7) is 4.89. The Labute approximate surface area is 169 Å². The van der Waals surface area contributed by atoms with E-state index < -0.39 is 6.09 Å². The summed E-state index contributed by atoms with van der Waals surface area (Å²) in [5.74, 6) is 1.85. The number of anilines is 1. The van der Waals surface area contributed by atoms with E-state index in [4.69, 9.17) is 26.8 Å². The van der Waals surface area contributed by atoms with Crippen LogP contribution in [0.3, 0.4) is 0 Å². The number of fused-ring (bicyclic) bond motifs is 3. The highest BCUT2D eigenvalue weighted by Crippen LogP contribution is 2.46. The molecule has 1 aliphatic rings. The van der Waals surface area contributed by atoms with Crippen molar-refractivity contribution in [3.8, 4) is 22.6 Å². The lowest BCUT2D eigenvalue weighted by Gasteiger charge is -2.24. The Morgan fingerprint density at radius 1 is 1.43 bits per heavy atom. The Kier molecular flexibility index (Phi) is 5.96. The van der Waals surface area contributed by atoms with Gasteiger partial charge in [0.05, 0.1) is 0 Å². The van der Waals surface area contributed by atoms with Crippen molar-refractivity contribution in [3.05, 3.63) is 35.0 Å². The van der Waals surface area contributed by atoms with Crippen molar-refractivity contribution in [1.82, 2.24) is 4.98 Å². The van der Waals surface area contributed by atoms with E-state index in [-0.39, 0.29) is 6.04 Å². The van der Waals surface area contributed by atoms with Gasteiger partial charge in [0, 0.05) is 30.4 Å². The molecule has 0 radical (unpaired) electrons. The monoisotopic (exact) mass is 405 g/mol. The summed E-state index contributed by atoms with van der Waals surface area (Å²) in [7, 11) is 1.45. The molecular formula is C20H24ClN3O4. The van der Waals surface area contributed by atoms with E-state index in [0.29, 0.717) is 41.5 Å². The molecule has 150 valence electrons. The molecule has 3 rings (SSSR count). The lowest BCUT2D eigenvalue weighted by molar-refractivity contribution is 0.203. The molecule has 1 aromatic heterocycles. The zero-order valence-corrected chi connectivity index (χ0v) is 16.9. The van der Waals surface area contributed by atoms with Crippen LogP contribution in [0.25, 0.3) is 11.1 Å². The fourth-order valence-corrected chi connectivity index (χ4v) is 3.42. The number of hydrogen-bond acceptors (Lipinski definition) is 5. The van der Waals surface area contributed by atoms with Gasteiger partial charge in [0.1, 0.15) is 35.6 Å². The molecule has 2 heterocycles. The first-order valence-corrected chi connectivity index (χ1v) is 9.45. The number of pyridine rings is 1. The highest BCUT2D eigenvalue weighted by Gasteiger charge is 2.24. The van der Waals surface area contributed by atoms with E-state index in [1.807, 2.05) is 6.07 Å². The summed E-state index contributed by atoms with van der Waals surface area (Å²) in [4.78, 5) is 16.5. The van der Waals surface area contributed by atoms with E-state index in [2.05, 4.69) is 18.8 Å². The highest BCUT2D eigenvalue weighted by atomic mass is 35.5. The van der Waals surface area contributed by atoms with E-state index in [9.17, 15) is 9.90 Å². The van der Waals surface area contributed by atoms with Crippen LogP contribution in [0.4, 0.5) is 10.6 Å². The summed E-state index contributed by atoms with van der Waals surface area (Å²) < 4.78 is 11.6. The Bertz CT molecular complexity index is 888. The molecule has 1 amide bonds. The standard InChI is InChI=1S/C20H24ClN3O4/c1-11(2)6-13(22)10-27-16-5-4-14-15-7-17(24(3)20(25)26)23-8-12(15)9-28-19(14)18(16)21/h4-5,7-8,11,13H,6,9-10,22H2,1-3H3,(H,25,26)/t13-/m0/s1. The molecule has 0 aliphatic carbocycles. The van der Waals surface area contributed by atoms with Crippen LogP contribution < -0.4 is 20.1 Å². The Morgan fingerprint density at radius 3 is 2.86 bits per heavy atom. The number of hydrogen-bond donors (Lipinski definition) is 2. The van der Waals surface area contributed by atoms with Crippen LogP contribution in [0, 0.1) is 5.92 Å². The number of amides is 1. The van der Waals surface area contributed by atoms with Crippen LogP contribution in [0.1, 0.15) is 25.8 Å². The van der Waals surface area contributed by atoms with E-state index in [1.54, 1.807) is 18.3 Å². The summed E-state index contributed by atoms with van der Waals surface area (Å²) >= 11 is 6.52. The van der Waals surface area contributed by atoms with Gasteiger partial charge in [0.2, 0.25) is 0 Å². The molecule has 3 N–H and O–H groups in total. The molecule has 0 saturated heterocycles. The van der Waals surface area contributed by atoms with Gasteiger partial charge in [0.25, 0.3) is 0 Å². The number of halogens is 1. The van der Waals surface area contributed by atoms with Gasteiger partial charge in [-0.05, 0) is 36.1 Å². The zero-order chi connectivity index (χ0) is 20.4. The minimum Gasteiger partial charge on any atom is -0.490 e. The van der Waals surface area contributed by atoms with Crippen molar-refractivity contribution in [1.29, 1.82) is 0 Å².